The Kier molecular flexibility index (Phi) is 5.22. The first-order valence-corrected chi connectivity index (χ1v) is 8.10. The van der Waals surface area contributed by atoms with Gasteiger partial charge < -0.3 is 0 Å². The van der Waals surface area contributed by atoms with E-state index < -0.39 is 0 Å². The molecule has 2 atom stereocenters. The van der Waals surface area contributed by atoms with Gasteiger partial charge in [0.1, 0.15) is 0 Å². The van der Waals surface area contributed by atoms with E-state index in [1.807, 2.05) is 0 Å². The lowest BCUT2D eigenvalue weighted by Crippen LogP contribution is -2.48. The van der Waals surface area contributed by atoms with Gasteiger partial charge in [0.2, 0.25) is 0 Å². The van der Waals surface area contributed by atoms with Crippen molar-refractivity contribution in [2.45, 2.75) is 65.3 Å². The minimum Gasteiger partial charge on any atom is -0.271 e. The van der Waals surface area contributed by atoms with Gasteiger partial charge in [-0.25, -0.2) is 0 Å². The summed E-state index contributed by atoms with van der Waals surface area (Å²) in [4.78, 5) is 0. The van der Waals surface area contributed by atoms with Crippen LogP contribution in [-0.4, -0.2) is 6.04 Å². The Balaban J connectivity index is 2.07. The van der Waals surface area contributed by atoms with Crippen LogP contribution in [0.2, 0.25) is 0 Å². The number of hydrogen-bond acceptors (Lipinski definition) is 2. The van der Waals surface area contributed by atoms with Gasteiger partial charge in [0.15, 0.2) is 0 Å². The summed E-state index contributed by atoms with van der Waals surface area (Å²) in [5.41, 5.74) is 6.31. The monoisotopic (exact) mass is 274 g/mol. The maximum atomic E-state index is 5.88. The molecule has 0 heterocycles. The van der Waals surface area contributed by atoms with Crippen molar-refractivity contribution in [3.05, 3.63) is 35.4 Å². The van der Waals surface area contributed by atoms with Gasteiger partial charge in [0.25, 0.3) is 0 Å². The van der Waals surface area contributed by atoms with Crippen molar-refractivity contribution in [1.82, 2.24) is 5.43 Å². The van der Waals surface area contributed by atoms with Crippen LogP contribution in [0.3, 0.4) is 0 Å². The van der Waals surface area contributed by atoms with Crippen LogP contribution in [-0.2, 0) is 12.8 Å². The molecule has 2 heteroatoms. The van der Waals surface area contributed by atoms with Gasteiger partial charge in [-0.2, -0.15) is 0 Å². The van der Waals surface area contributed by atoms with Crippen LogP contribution in [0.25, 0.3) is 0 Å². The van der Waals surface area contributed by atoms with Gasteiger partial charge >= 0.3 is 0 Å². The second-order valence-corrected chi connectivity index (χ2v) is 6.99. The van der Waals surface area contributed by atoms with Crippen LogP contribution in [0.1, 0.15) is 57.6 Å². The standard InChI is InChI=1S/C18H30N2/c1-4-14-8-10-15(11-9-14)13-17(20-19)16-7-5-6-12-18(16,2)3/h8-11,16-17,20H,4-7,12-13,19H2,1-3H3. The van der Waals surface area contributed by atoms with E-state index >= 15 is 0 Å². The highest BCUT2D eigenvalue weighted by Gasteiger charge is 2.37. The third-order valence-electron chi connectivity index (χ3n) is 5.18. The number of nitrogens with one attached hydrogen (secondary N) is 1. The maximum absolute atomic E-state index is 5.88. The summed E-state index contributed by atoms with van der Waals surface area (Å²) in [5, 5.41) is 0. The molecule has 2 unspecified atom stereocenters. The van der Waals surface area contributed by atoms with E-state index in [-0.39, 0.29) is 0 Å². The predicted octanol–water partition coefficient (Wildman–Crippen LogP) is 3.84. The Morgan fingerprint density at radius 3 is 2.40 bits per heavy atom. The summed E-state index contributed by atoms with van der Waals surface area (Å²) in [5.74, 6) is 6.55. The molecule has 2 rings (SSSR count). The lowest BCUT2D eigenvalue weighted by molar-refractivity contribution is 0.0982. The van der Waals surface area contributed by atoms with Gasteiger partial charge in [-0.15, -0.1) is 0 Å². The topological polar surface area (TPSA) is 38.0 Å². The summed E-state index contributed by atoms with van der Waals surface area (Å²) < 4.78 is 0. The number of aryl methyl sites for hydroxylation is 1. The van der Waals surface area contributed by atoms with E-state index in [2.05, 4.69) is 50.5 Å². The number of rotatable bonds is 5. The largest absolute Gasteiger partial charge is 0.271 e. The van der Waals surface area contributed by atoms with Crippen LogP contribution in [0.15, 0.2) is 24.3 Å². The first-order valence-electron chi connectivity index (χ1n) is 8.10. The first-order chi connectivity index (χ1) is 9.56. The Bertz CT molecular complexity index is 408. The van der Waals surface area contributed by atoms with Gasteiger partial charge in [0, 0.05) is 6.04 Å². The minimum absolute atomic E-state index is 0.387. The summed E-state index contributed by atoms with van der Waals surface area (Å²) in [6, 6.07) is 9.40. The van der Waals surface area contributed by atoms with Crippen LogP contribution in [0.4, 0.5) is 0 Å². The molecule has 112 valence electrons. The highest BCUT2D eigenvalue weighted by Crippen LogP contribution is 2.42. The third-order valence-corrected chi connectivity index (χ3v) is 5.18. The Labute approximate surface area is 124 Å². The molecule has 1 saturated carbocycles. The molecule has 1 aromatic rings. The van der Waals surface area contributed by atoms with Gasteiger partial charge in [0.05, 0.1) is 0 Å². The Morgan fingerprint density at radius 2 is 1.85 bits per heavy atom. The van der Waals surface area contributed by atoms with Crippen LogP contribution >= 0.6 is 0 Å². The molecule has 1 aliphatic rings. The first kappa shape index (κ1) is 15.5. The molecule has 0 bridgehead atoms. The van der Waals surface area contributed by atoms with Crippen LogP contribution in [0, 0.1) is 11.3 Å². The molecule has 0 saturated heterocycles. The highest BCUT2D eigenvalue weighted by molar-refractivity contribution is 5.23. The molecule has 0 aliphatic heterocycles. The van der Waals surface area contributed by atoms with E-state index in [4.69, 9.17) is 5.84 Å². The smallest absolute Gasteiger partial charge is 0.0284 e. The van der Waals surface area contributed by atoms with Gasteiger partial charge in [-0.3, -0.25) is 11.3 Å². The Morgan fingerprint density at radius 1 is 1.20 bits per heavy atom. The van der Waals surface area contributed by atoms with Crippen LogP contribution < -0.4 is 11.3 Å². The lowest BCUT2D eigenvalue weighted by Gasteiger charge is -2.43. The van der Waals surface area contributed by atoms with Gasteiger partial charge in [-0.1, -0.05) is 57.9 Å². The SMILES string of the molecule is CCc1ccc(CC(NN)C2CCCCC2(C)C)cc1. The van der Waals surface area contributed by atoms with Crippen LogP contribution in [0.5, 0.6) is 0 Å². The zero-order chi connectivity index (χ0) is 14.6. The second kappa shape index (κ2) is 6.73. The van der Waals surface area contributed by atoms with Crippen molar-refractivity contribution in [2.75, 3.05) is 0 Å². The average molecular weight is 274 g/mol. The molecule has 0 radical (unpaired) electrons. The number of nitrogens with two attached hydrogens (primary N) is 1. The van der Waals surface area contributed by atoms with Gasteiger partial charge in [-0.05, 0) is 48.1 Å². The van der Waals surface area contributed by atoms with Crippen molar-refractivity contribution in [2.24, 2.45) is 17.2 Å². The zero-order valence-corrected chi connectivity index (χ0v) is 13.3. The van der Waals surface area contributed by atoms with E-state index in [1.54, 1.807) is 0 Å². The van der Waals surface area contributed by atoms with Crippen molar-refractivity contribution >= 4 is 0 Å². The Hall–Kier alpha value is -0.860. The molecule has 20 heavy (non-hydrogen) atoms. The minimum atomic E-state index is 0.387. The average Bonchev–Trinajstić information content (AvgIpc) is 2.45. The number of hydrazine groups is 1. The van der Waals surface area contributed by atoms with E-state index in [0.717, 1.165) is 12.8 Å². The zero-order valence-electron chi connectivity index (χ0n) is 13.3. The van der Waals surface area contributed by atoms with E-state index in [0.29, 0.717) is 17.4 Å². The molecule has 1 fully saturated rings. The summed E-state index contributed by atoms with van der Waals surface area (Å²) in [6.45, 7) is 7.01. The van der Waals surface area contributed by atoms with E-state index in [9.17, 15) is 0 Å². The fourth-order valence-corrected chi connectivity index (χ4v) is 3.75. The molecule has 1 aliphatic carbocycles. The molecular formula is C18H30N2. The molecule has 2 nitrogen and oxygen atoms in total. The number of benzene rings is 1. The fraction of sp³-hybridized carbons (Fsp3) is 0.667. The normalized spacial score (nSPS) is 23.5. The third kappa shape index (κ3) is 3.62. The number of hydrogen-bond donors (Lipinski definition) is 2. The van der Waals surface area contributed by atoms with Crippen molar-refractivity contribution in [3.8, 4) is 0 Å². The second-order valence-electron chi connectivity index (χ2n) is 6.99. The summed E-state index contributed by atoms with van der Waals surface area (Å²) in [7, 11) is 0. The molecule has 3 N–H and O–H groups in total. The van der Waals surface area contributed by atoms with Crippen molar-refractivity contribution in [3.63, 3.8) is 0 Å². The summed E-state index contributed by atoms with van der Waals surface area (Å²) >= 11 is 0. The molecule has 0 aromatic heterocycles. The van der Waals surface area contributed by atoms with Crippen molar-refractivity contribution < 1.29 is 0 Å². The molecule has 0 spiro atoms. The van der Waals surface area contributed by atoms with E-state index in [1.165, 1.54) is 36.8 Å². The highest BCUT2D eigenvalue weighted by atomic mass is 15.2. The van der Waals surface area contributed by atoms with Crippen molar-refractivity contribution in [1.29, 1.82) is 0 Å². The maximum Gasteiger partial charge on any atom is 0.0284 e. The quantitative estimate of drug-likeness (QED) is 0.632. The molecule has 1 aromatic carbocycles. The lowest BCUT2D eigenvalue weighted by atomic mass is 9.65. The molecular weight excluding hydrogens is 244 g/mol. The molecule has 0 amide bonds. The predicted molar refractivity (Wildman–Crippen MR) is 86.4 cm³/mol. The fourth-order valence-electron chi connectivity index (χ4n) is 3.75. The summed E-state index contributed by atoms with van der Waals surface area (Å²) in [6.07, 6.45) is 7.48.